The van der Waals surface area contributed by atoms with Gasteiger partial charge < -0.3 is 24.6 Å². The fourth-order valence-electron chi connectivity index (χ4n) is 1.82. The second-order valence-electron chi connectivity index (χ2n) is 4.05. The molecule has 1 aliphatic rings. The first-order valence-electron chi connectivity index (χ1n) is 6.17. The van der Waals surface area contributed by atoms with Crippen LogP contribution in [0.5, 0.6) is 11.5 Å². The van der Waals surface area contributed by atoms with Crippen molar-refractivity contribution in [2.75, 3.05) is 19.8 Å². The standard InChI is InChI=1S/C13H17NO5/c1-2-17-11-5-3-4-9(7-15)12(11)18-8-10-6-14-13(16)19-10/h3-5,10,15H,2,6-8H2,1H3,(H,14,16). The number of carbonyl (C=O) groups is 1. The molecule has 0 radical (unpaired) electrons. The van der Waals surface area contributed by atoms with E-state index in [1.165, 1.54) is 0 Å². The topological polar surface area (TPSA) is 77.0 Å². The van der Waals surface area contributed by atoms with Crippen LogP contribution in [0.4, 0.5) is 4.79 Å². The summed E-state index contributed by atoms with van der Waals surface area (Å²) >= 11 is 0. The summed E-state index contributed by atoms with van der Waals surface area (Å²) < 4.78 is 16.1. The van der Waals surface area contributed by atoms with Gasteiger partial charge >= 0.3 is 6.09 Å². The normalized spacial score (nSPS) is 17.8. The molecule has 2 rings (SSSR count). The maximum atomic E-state index is 10.9. The highest BCUT2D eigenvalue weighted by Crippen LogP contribution is 2.31. The first-order valence-corrected chi connectivity index (χ1v) is 6.17. The van der Waals surface area contributed by atoms with Crippen molar-refractivity contribution in [3.63, 3.8) is 0 Å². The van der Waals surface area contributed by atoms with Gasteiger partial charge in [-0.25, -0.2) is 4.79 Å². The van der Waals surface area contributed by atoms with Gasteiger partial charge in [-0.05, 0) is 13.0 Å². The molecule has 1 fully saturated rings. The van der Waals surface area contributed by atoms with E-state index in [2.05, 4.69) is 5.32 Å². The summed E-state index contributed by atoms with van der Waals surface area (Å²) in [4.78, 5) is 10.9. The highest BCUT2D eigenvalue weighted by Gasteiger charge is 2.24. The zero-order chi connectivity index (χ0) is 13.7. The molecule has 0 spiro atoms. The first-order chi connectivity index (χ1) is 9.24. The number of para-hydroxylation sites is 1. The van der Waals surface area contributed by atoms with Gasteiger partial charge in [0.05, 0.1) is 19.8 Å². The Labute approximate surface area is 111 Å². The third kappa shape index (κ3) is 3.29. The van der Waals surface area contributed by atoms with Crippen LogP contribution in [-0.4, -0.2) is 37.1 Å². The summed E-state index contributed by atoms with van der Waals surface area (Å²) in [5.74, 6) is 1.07. The maximum Gasteiger partial charge on any atom is 0.407 e. The number of benzene rings is 1. The van der Waals surface area contributed by atoms with E-state index in [0.29, 0.717) is 30.2 Å². The van der Waals surface area contributed by atoms with Crippen molar-refractivity contribution >= 4 is 6.09 Å². The van der Waals surface area contributed by atoms with Crippen molar-refractivity contribution in [3.05, 3.63) is 23.8 Å². The van der Waals surface area contributed by atoms with Crippen LogP contribution in [-0.2, 0) is 11.3 Å². The number of cyclic esters (lactones) is 1. The monoisotopic (exact) mass is 267 g/mol. The van der Waals surface area contributed by atoms with Crippen molar-refractivity contribution in [2.45, 2.75) is 19.6 Å². The number of amides is 1. The number of alkyl carbamates (subject to hydrolysis) is 1. The molecule has 1 aromatic carbocycles. The van der Waals surface area contributed by atoms with E-state index in [1.807, 2.05) is 6.92 Å². The Kier molecular flexibility index (Phi) is 4.46. The van der Waals surface area contributed by atoms with E-state index in [-0.39, 0.29) is 19.3 Å². The van der Waals surface area contributed by atoms with E-state index in [4.69, 9.17) is 14.2 Å². The number of ether oxygens (including phenoxy) is 3. The van der Waals surface area contributed by atoms with Gasteiger partial charge in [0, 0.05) is 5.56 Å². The molecule has 6 heteroatoms. The van der Waals surface area contributed by atoms with E-state index in [9.17, 15) is 9.90 Å². The molecule has 0 saturated carbocycles. The number of aliphatic hydroxyl groups is 1. The van der Waals surface area contributed by atoms with Crippen LogP contribution in [0.2, 0.25) is 0 Å². The molecule has 1 saturated heterocycles. The number of aliphatic hydroxyl groups excluding tert-OH is 1. The van der Waals surface area contributed by atoms with Gasteiger partial charge in [0.25, 0.3) is 0 Å². The Hall–Kier alpha value is -1.95. The number of nitrogens with one attached hydrogen (secondary N) is 1. The average Bonchev–Trinajstić information content (AvgIpc) is 2.83. The van der Waals surface area contributed by atoms with E-state index >= 15 is 0 Å². The summed E-state index contributed by atoms with van der Waals surface area (Å²) in [7, 11) is 0. The van der Waals surface area contributed by atoms with Gasteiger partial charge in [-0.3, -0.25) is 0 Å². The quantitative estimate of drug-likeness (QED) is 0.806. The largest absolute Gasteiger partial charge is 0.490 e. The summed E-state index contributed by atoms with van der Waals surface area (Å²) in [6.45, 7) is 2.88. The lowest BCUT2D eigenvalue weighted by Crippen LogP contribution is -2.22. The van der Waals surface area contributed by atoms with Crippen molar-refractivity contribution < 1.29 is 24.1 Å². The fourth-order valence-corrected chi connectivity index (χ4v) is 1.82. The summed E-state index contributed by atoms with van der Waals surface area (Å²) in [6, 6.07) is 5.33. The molecule has 2 N–H and O–H groups in total. The van der Waals surface area contributed by atoms with Crippen molar-refractivity contribution in [1.82, 2.24) is 5.32 Å². The van der Waals surface area contributed by atoms with Gasteiger partial charge in [0.1, 0.15) is 6.61 Å². The second kappa shape index (κ2) is 6.29. The Balaban J connectivity index is 2.06. The van der Waals surface area contributed by atoms with Gasteiger partial charge in [-0.1, -0.05) is 12.1 Å². The van der Waals surface area contributed by atoms with Crippen LogP contribution in [0.25, 0.3) is 0 Å². The third-order valence-corrected chi connectivity index (χ3v) is 2.69. The molecule has 104 valence electrons. The fraction of sp³-hybridized carbons (Fsp3) is 0.462. The molecule has 1 atom stereocenters. The molecular formula is C13H17NO5. The number of carbonyl (C=O) groups excluding carboxylic acids is 1. The molecule has 1 aliphatic heterocycles. The molecule has 1 aromatic rings. The SMILES string of the molecule is CCOc1cccc(CO)c1OCC1CNC(=O)O1. The van der Waals surface area contributed by atoms with Crippen LogP contribution in [0, 0.1) is 0 Å². The summed E-state index contributed by atoms with van der Waals surface area (Å²) in [6.07, 6.45) is -0.761. The zero-order valence-electron chi connectivity index (χ0n) is 10.7. The minimum atomic E-state index is -0.436. The van der Waals surface area contributed by atoms with Crippen molar-refractivity contribution in [2.24, 2.45) is 0 Å². The molecule has 1 amide bonds. The van der Waals surface area contributed by atoms with Gasteiger partial charge in [0.2, 0.25) is 0 Å². The smallest absolute Gasteiger partial charge is 0.407 e. The molecule has 0 aliphatic carbocycles. The van der Waals surface area contributed by atoms with E-state index < -0.39 is 6.09 Å². The molecule has 6 nitrogen and oxygen atoms in total. The minimum Gasteiger partial charge on any atom is -0.490 e. The highest BCUT2D eigenvalue weighted by atomic mass is 16.6. The van der Waals surface area contributed by atoms with Crippen LogP contribution in [0.1, 0.15) is 12.5 Å². The minimum absolute atomic E-state index is 0.140. The van der Waals surface area contributed by atoms with Crippen LogP contribution < -0.4 is 14.8 Å². The molecular weight excluding hydrogens is 250 g/mol. The lowest BCUT2D eigenvalue weighted by atomic mass is 10.2. The van der Waals surface area contributed by atoms with Crippen LogP contribution in [0.15, 0.2) is 18.2 Å². The van der Waals surface area contributed by atoms with E-state index in [0.717, 1.165) is 0 Å². The van der Waals surface area contributed by atoms with Crippen LogP contribution in [0.3, 0.4) is 0 Å². The third-order valence-electron chi connectivity index (χ3n) is 2.69. The molecule has 0 bridgehead atoms. The summed E-state index contributed by atoms with van der Waals surface area (Å²) in [5.41, 5.74) is 0.642. The average molecular weight is 267 g/mol. The first kappa shape index (κ1) is 13.5. The van der Waals surface area contributed by atoms with E-state index in [1.54, 1.807) is 18.2 Å². The predicted molar refractivity (Wildman–Crippen MR) is 67.3 cm³/mol. The molecule has 1 unspecified atom stereocenters. The predicted octanol–water partition coefficient (Wildman–Crippen LogP) is 1.06. The Bertz CT molecular complexity index is 449. The Morgan fingerprint density at radius 1 is 1.47 bits per heavy atom. The van der Waals surface area contributed by atoms with Gasteiger partial charge in [-0.15, -0.1) is 0 Å². The Morgan fingerprint density at radius 2 is 2.32 bits per heavy atom. The number of rotatable bonds is 6. The van der Waals surface area contributed by atoms with Crippen molar-refractivity contribution in [3.8, 4) is 11.5 Å². The van der Waals surface area contributed by atoms with Gasteiger partial charge in [0.15, 0.2) is 17.6 Å². The Morgan fingerprint density at radius 3 is 2.95 bits per heavy atom. The zero-order valence-corrected chi connectivity index (χ0v) is 10.7. The maximum absolute atomic E-state index is 10.9. The lowest BCUT2D eigenvalue weighted by Gasteiger charge is -2.16. The number of hydrogen-bond donors (Lipinski definition) is 2. The molecule has 19 heavy (non-hydrogen) atoms. The molecule has 1 heterocycles. The summed E-state index contributed by atoms with van der Waals surface area (Å²) in [5, 5.41) is 11.9. The number of hydrogen-bond acceptors (Lipinski definition) is 5. The van der Waals surface area contributed by atoms with Gasteiger partial charge in [-0.2, -0.15) is 0 Å². The highest BCUT2D eigenvalue weighted by molar-refractivity contribution is 5.69. The molecule has 0 aromatic heterocycles. The second-order valence-corrected chi connectivity index (χ2v) is 4.05. The van der Waals surface area contributed by atoms with Crippen molar-refractivity contribution in [1.29, 1.82) is 0 Å². The van der Waals surface area contributed by atoms with Crippen LogP contribution >= 0.6 is 0 Å². The lowest BCUT2D eigenvalue weighted by molar-refractivity contribution is 0.102.